The average molecular weight is 339 g/mol. The van der Waals surface area contributed by atoms with Gasteiger partial charge in [-0.3, -0.25) is 4.79 Å². The Bertz CT molecular complexity index is 697. The molecule has 0 saturated heterocycles. The standard InChI is InChI=1S/C17H16F3NO3/c1-11(22)12-3-2-4-15(9-12)24-10-16(23)21-14-7-5-13(6-8-14)17(18,19)20/h2-9,11,22H,10H2,1H3,(H,21,23). The highest BCUT2D eigenvalue weighted by Crippen LogP contribution is 2.29. The molecule has 0 aliphatic heterocycles. The lowest BCUT2D eigenvalue weighted by Gasteiger charge is -2.11. The lowest BCUT2D eigenvalue weighted by molar-refractivity contribution is -0.137. The van der Waals surface area contributed by atoms with Crippen molar-refractivity contribution in [3.8, 4) is 5.75 Å². The Hall–Kier alpha value is -2.54. The van der Waals surface area contributed by atoms with Crippen LogP contribution in [0.3, 0.4) is 0 Å². The zero-order valence-electron chi connectivity index (χ0n) is 12.8. The SMILES string of the molecule is CC(O)c1cccc(OCC(=O)Nc2ccc(C(F)(F)F)cc2)c1. The molecule has 24 heavy (non-hydrogen) atoms. The fourth-order valence-corrected chi connectivity index (χ4v) is 1.95. The molecule has 1 unspecified atom stereocenters. The van der Waals surface area contributed by atoms with Gasteiger partial charge < -0.3 is 15.2 Å². The van der Waals surface area contributed by atoms with Gasteiger partial charge in [0.05, 0.1) is 11.7 Å². The summed E-state index contributed by atoms with van der Waals surface area (Å²) in [6, 6.07) is 10.8. The largest absolute Gasteiger partial charge is 0.484 e. The van der Waals surface area contributed by atoms with Crippen LogP contribution < -0.4 is 10.1 Å². The summed E-state index contributed by atoms with van der Waals surface area (Å²) in [6.45, 7) is 1.31. The number of rotatable bonds is 5. The third-order valence-electron chi connectivity index (χ3n) is 3.21. The third-order valence-corrected chi connectivity index (χ3v) is 3.21. The molecule has 0 aliphatic rings. The molecule has 7 heteroatoms. The normalized spacial score (nSPS) is 12.5. The number of hydrogen-bond acceptors (Lipinski definition) is 3. The minimum absolute atomic E-state index is 0.245. The van der Waals surface area contributed by atoms with E-state index in [0.717, 1.165) is 12.1 Å². The molecule has 2 rings (SSSR count). The van der Waals surface area contributed by atoms with E-state index >= 15 is 0 Å². The first kappa shape index (κ1) is 17.8. The van der Waals surface area contributed by atoms with Gasteiger partial charge in [-0.1, -0.05) is 12.1 Å². The summed E-state index contributed by atoms with van der Waals surface area (Å²) in [4.78, 5) is 11.8. The number of nitrogens with one attached hydrogen (secondary N) is 1. The van der Waals surface area contributed by atoms with E-state index in [-0.39, 0.29) is 12.3 Å². The summed E-state index contributed by atoms with van der Waals surface area (Å²) in [5, 5.41) is 11.9. The average Bonchev–Trinajstić information content (AvgIpc) is 2.53. The highest BCUT2D eigenvalue weighted by Gasteiger charge is 2.29. The number of aliphatic hydroxyl groups is 1. The van der Waals surface area contributed by atoms with E-state index in [9.17, 15) is 23.1 Å². The van der Waals surface area contributed by atoms with E-state index in [0.29, 0.717) is 11.3 Å². The van der Waals surface area contributed by atoms with Crippen molar-refractivity contribution in [3.63, 3.8) is 0 Å². The van der Waals surface area contributed by atoms with Crippen molar-refractivity contribution >= 4 is 11.6 Å². The molecule has 4 nitrogen and oxygen atoms in total. The number of amides is 1. The second kappa shape index (κ2) is 7.35. The van der Waals surface area contributed by atoms with Crippen molar-refractivity contribution in [2.24, 2.45) is 0 Å². The van der Waals surface area contributed by atoms with Gasteiger partial charge in [-0.15, -0.1) is 0 Å². The van der Waals surface area contributed by atoms with Crippen LogP contribution in [-0.2, 0) is 11.0 Å². The molecule has 0 bridgehead atoms. The summed E-state index contributed by atoms with van der Waals surface area (Å²) in [6.07, 6.45) is -5.07. The van der Waals surface area contributed by atoms with Crippen molar-refractivity contribution in [1.82, 2.24) is 0 Å². The number of ether oxygens (including phenoxy) is 1. The van der Waals surface area contributed by atoms with Crippen LogP contribution >= 0.6 is 0 Å². The highest BCUT2D eigenvalue weighted by molar-refractivity contribution is 5.91. The second-order valence-corrected chi connectivity index (χ2v) is 5.16. The molecule has 0 saturated carbocycles. The van der Waals surface area contributed by atoms with E-state index in [1.807, 2.05) is 0 Å². The summed E-state index contributed by atoms with van der Waals surface area (Å²) in [7, 11) is 0. The molecule has 0 heterocycles. The van der Waals surface area contributed by atoms with Gasteiger partial charge in [0, 0.05) is 5.69 Å². The molecular formula is C17H16F3NO3. The number of anilines is 1. The van der Waals surface area contributed by atoms with Gasteiger partial charge in [-0.25, -0.2) is 0 Å². The minimum Gasteiger partial charge on any atom is -0.484 e. The molecule has 0 spiro atoms. The topological polar surface area (TPSA) is 58.6 Å². The smallest absolute Gasteiger partial charge is 0.416 e. The Morgan fingerprint density at radius 2 is 1.88 bits per heavy atom. The van der Waals surface area contributed by atoms with E-state index < -0.39 is 23.8 Å². The molecule has 0 aliphatic carbocycles. The van der Waals surface area contributed by atoms with E-state index in [1.165, 1.54) is 12.1 Å². The van der Waals surface area contributed by atoms with Crippen LogP contribution in [0.4, 0.5) is 18.9 Å². The van der Waals surface area contributed by atoms with Crippen molar-refractivity contribution in [1.29, 1.82) is 0 Å². The van der Waals surface area contributed by atoms with Gasteiger partial charge in [0.2, 0.25) is 0 Å². The first-order valence-electron chi connectivity index (χ1n) is 7.13. The van der Waals surface area contributed by atoms with E-state index in [4.69, 9.17) is 4.74 Å². The molecule has 2 aromatic carbocycles. The predicted octanol–water partition coefficient (Wildman–Crippen LogP) is 3.78. The van der Waals surface area contributed by atoms with Crippen LogP contribution in [0.25, 0.3) is 0 Å². The maximum Gasteiger partial charge on any atom is 0.416 e. The number of alkyl halides is 3. The molecule has 0 fully saturated rings. The van der Waals surface area contributed by atoms with Gasteiger partial charge >= 0.3 is 6.18 Å². The Labute approximate surface area is 136 Å². The van der Waals surface area contributed by atoms with Crippen LogP contribution in [0.2, 0.25) is 0 Å². The number of benzene rings is 2. The van der Waals surface area contributed by atoms with Crippen molar-refractivity contribution in [3.05, 3.63) is 59.7 Å². The van der Waals surface area contributed by atoms with Crippen molar-refractivity contribution < 1.29 is 27.8 Å². The number of hydrogen-bond donors (Lipinski definition) is 2. The Morgan fingerprint density at radius 1 is 1.21 bits per heavy atom. The lowest BCUT2D eigenvalue weighted by atomic mass is 10.1. The minimum atomic E-state index is -4.42. The van der Waals surface area contributed by atoms with Gasteiger partial charge in [-0.2, -0.15) is 13.2 Å². The number of aliphatic hydroxyl groups excluding tert-OH is 1. The molecule has 0 aromatic heterocycles. The zero-order chi connectivity index (χ0) is 17.7. The molecule has 2 aromatic rings. The van der Waals surface area contributed by atoms with Crippen molar-refractivity contribution in [2.75, 3.05) is 11.9 Å². The van der Waals surface area contributed by atoms with E-state index in [2.05, 4.69) is 5.32 Å². The lowest BCUT2D eigenvalue weighted by Crippen LogP contribution is -2.20. The van der Waals surface area contributed by atoms with E-state index in [1.54, 1.807) is 31.2 Å². The summed E-state index contributed by atoms with van der Waals surface area (Å²) in [5.41, 5.74) is 0.108. The monoisotopic (exact) mass is 339 g/mol. The van der Waals surface area contributed by atoms with Gasteiger partial charge in [-0.05, 0) is 48.9 Å². The molecule has 0 radical (unpaired) electrons. The van der Waals surface area contributed by atoms with Gasteiger partial charge in [0.1, 0.15) is 5.75 Å². The van der Waals surface area contributed by atoms with Crippen LogP contribution in [0.1, 0.15) is 24.2 Å². The number of carbonyl (C=O) groups is 1. The third kappa shape index (κ3) is 4.99. The first-order chi connectivity index (χ1) is 11.3. The van der Waals surface area contributed by atoms with Gasteiger partial charge in [0.25, 0.3) is 5.91 Å². The Kier molecular flexibility index (Phi) is 5.46. The molecule has 1 amide bonds. The molecule has 1 atom stereocenters. The molecule has 2 N–H and O–H groups in total. The fourth-order valence-electron chi connectivity index (χ4n) is 1.95. The quantitative estimate of drug-likeness (QED) is 0.872. The summed E-state index contributed by atoms with van der Waals surface area (Å²) in [5.74, 6) is -0.0896. The van der Waals surface area contributed by atoms with Gasteiger partial charge in [0.15, 0.2) is 6.61 Å². The maximum atomic E-state index is 12.5. The maximum absolute atomic E-state index is 12.5. The van der Waals surface area contributed by atoms with Crippen molar-refractivity contribution in [2.45, 2.75) is 19.2 Å². The predicted molar refractivity (Wildman–Crippen MR) is 82.6 cm³/mol. The van der Waals surface area contributed by atoms with Crippen LogP contribution in [-0.4, -0.2) is 17.6 Å². The Balaban J connectivity index is 1.90. The van der Waals surface area contributed by atoms with Crippen LogP contribution in [0.5, 0.6) is 5.75 Å². The molecular weight excluding hydrogens is 323 g/mol. The second-order valence-electron chi connectivity index (χ2n) is 5.16. The molecule has 128 valence electrons. The van der Waals surface area contributed by atoms with Crippen LogP contribution in [0, 0.1) is 0 Å². The Morgan fingerprint density at radius 3 is 2.46 bits per heavy atom. The number of halogens is 3. The summed E-state index contributed by atoms with van der Waals surface area (Å²) < 4.78 is 42.7. The first-order valence-corrected chi connectivity index (χ1v) is 7.13. The fraction of sp³-hybridized carbons (Fsp3) is 0.235. The summed E-state index contributed by atoms with van der Waals surface area (Å²) >= 11 is 0. The number of carbonyl (C=O) groups excluding carboxylic acids is 1. The van der Waals surface area contributed by atoms with Crippen LogP contribution in [0.15, 0.2) is 48.5 Å². The highest BCUT2D eigenvalue weighted by atomic mass is 19.4. The zero-order valence-corrected chi connectivity index (χ0v) is 12.8.